The summed E-state index contributed by atoms with van der Waals surface area (Å²) >= 11 is 0. The number of hydrogen-bond acceptors (Lipinski definition) is 3. The van der Waals surface area contributed by atoms with E-state index in [-0.39, 0.29) is 0 Å². The molecule has 3 rings (SSSR count). The van der Waals surface area contributed by atoms with Gasteiger partial charge in [0.25, 0.3) is 0 Å². The molecule has 3 nitrogen and oxygen atoms in total. The maximum atomic E-state index is 5.71. The van der Waals surface area contributed by atoms with Crippen LogP contribution < -0.4 is 14.8 Å². The van der Waals surface area contributed by atoms with Crippen molar-refractivity contribution in [3.05, 3.63) is 23.8 Å². The largest absolute Gasteiger partial charge is 0.497 e. The summed E-state index contributed by atoms with van der Waals surface area (Å²) in [5.74, 6) is 2.80. The van der Waals surface area contributed by atoms with E-state index in [1.165, 1.54) is 18.4 Å². The van der Waals surface area contributed by atoms with E-state index in [4.69, 9.17) is 9.47 Å². The third-order valence-corrected chi connectivity index (χ3v) is 4.12. The van der Waals surface area contributed by atoms with Crippen molar-refractivity contribution in [3.63, 3.8) is 0 Å². The molecule has 1 saturated carbocycles. The van der Waals surface area contributed by atoms with Crippen LogP contribution in [0.15, 0.2) is 18.2 Å². The molecule has 3 unspecified atom stereocenters. The van der Waals surface area contributed by atoms with Crippen molar-refractivity contribution in [1.82, 2.24) is 5.32 Å². The quantitative estimate of drug-likeness (QED) is 0.887. The Hall–Kier alpha value is -1.22. The Labute approximate surface area is 108 Å². The standard InChI is InChI=1S/C15H21NO2/c1-3-10-8-14(10)16-13-6-7-18-15-5-4-11(17-2)9-12(13)15/h4-5,9-10,13-14,16H,3,6-8H2,1-2H3. The fraction of sp³-hybridized carbons (Fsp3) is 0.600. The van der Waals surface area contributed by atoms with E-state index < -0.39 is 0 Å². The summed E-state index contributed by atoms with van der Waals surface area (Å²) < 4.78 is 11.0. The van der Waals surface area contributed by atoms with Gasteiger partial charge in [0, 0.05) is 24.1 Å². The van der Waals surface area contributed by atoms with E-state index in [0.717, 1.165) is 30.4 Å². The van der Waals surface area contributed by atoms with Crippen LogP contribution in [0.3, 0.4) is 0 Å². The normalized spacial score (nSPS) is 29.3. The highest BCUT2D eigenvalue weighted by Crippen LogP contribution is 2.40. The van der Waals surface area contributed by atoms with Crippen molar-refractivity contribution in [2.24, 2.45) is 5.92 Å². The number of methoxy groups -OCH3 is 1. The molecule has 0 bridgehead atoms. The minimum atomic E-state index is 0.422. The van der Waals surface area contributed by atoms with Crippen LogP contribution in [0, 0.1) is 5.92 Å². The molecule has 98 valence electrons. The summed E-state index contributed by atoms with van der Waals surface area (Å²) in [6, 6.07) is 7.22. The highest BCUT2D eigenvalue weighted by Gasteiger charge is 2.37. The molecule has 1 aromatic rings. The van der Waals surface area contributed by atoms with Gasteiger partial charge in [0.05, 0.1) is 13.7 Å². The highest BCUT2D eigenvalue weighted by atomic mass is 16.5. The van der Waals surface area contributed by atoms with E-state index in [2.05, 4.69) is 18.3 Å². The number of rotatable bonds is 4. The van der Waals surface area contributed by atoms with E-state index in [1.807, 2.05) is 12.1 Å². The van der Waals surface area contributed by atoms with Gasteiger partial charge in [-0.25, -0.2) is 0 Å². The van der Waals surface area contributed by atoms with Crippen LogP contribution in [0.2, 0.25) is 0 Å². The van der Waals surface area contributed by atoms with Gasteiger partial charge in [-0.3, -0.25) is 0 Å². The lowest BCUT2D eigenvalue weighted by molar-refractivity contribution is 0.249. The summed E-state index contributed by atoms with van der Waals surface area (Å²) in [6.07, 6.45) is 3.66. The lowest BCUT2D eigenvalue weighted by Crippen LogP contribution is -2.29. The van der Waals surface area contributed by atoms with Crippen molar-refractivity contribution in [3.8, 4) is 11.5 Å². The maximum Gasteiger partial charge on any atom is 0.124 e. The molecule has 0 saturated heterocycles. The zero-order valence-corrected chi connectivity index (χ0v) is 11.1. The first-order valence-electron chi connectivity index (χ1n) is 6.88. The van der Waals surface area contributed by atoms with E-state index in [0.29, 0.717) is 12.1 Å². The maximum absolute atomic E-state index is 5.71. The molecular weight excluding hydrogens is 226 g/mol. The predicted molar refractivity (Wildman–Crippen MR) is 71.2 cm³/mol. The molecule has 0 amide bonds. The first-order valence-corrected chi connectivity index (χ1v) is 6.88. The van der Waals surface area contributed by atoms with Crippen LogP contribution in [-0.4, -0.2) is 19.8 Å². The lowest BCUT2D eigenvalue weighted by atomic mass is 10.00. The number of hydrogen-bond donors (Lipinski definition) is 1. The van der Waals surface area contributed by atoms with Gasteiger partial charge in [-0.05, 0) is 30.5 Å². The summed E-state index contributed by atoms with van der Waals surface area (Å²) in [5, 5.41) is 3.77. The molecule has 1 N–H and O–H groups in total. The topological polar surface area (TPSA) is 30.5 Å². The van der Waals surface area contributed by atoms with E-state index in [1.54, 1.807) is 7.11 Å². The molecule has 0 radical (unpaired) electrons. The fourth-order valence-corrected chi connectivity index (χ4v) is 2.83. The first-order chi connectivity index (χ1) is 8.81. The van der Waals surface area contributed by atoms with Crippen molar-refractivity contribution < 1.29 is 9.47 Å². The molecular formula is C15H21NO2. The smallest absolute Gasteiger partial charge is 0.124 e. The van der Waals surface area contributed by atoms with Gasteiger partial charge in [-0.2, -0.15) is 0 Å². The molecule has 0 aromatic heterocycles. The number of ether oxygens (including phenoxy) is 2. The molecule has 1 heterocycles. The minimum Gasteiger partial charge on any atom is -0.497 e. The molecule has 2 aliphatic rings. The Kier molecular flexibility index (Phi) is 3.16. The van der Waals surface area contributed by atoms with Crippen LogP contribution in [-0.2, 0) is 0 Å². The Bertz CT molecular complexity index is 433. The highest BCUT2D eigenvalue weighted by molar-refractivity contribution is 5.43. The van der Waals surface area contributed by atoms with Gasteiger partial charge in [-0.15, -0.1) is 0 Å². The third kappa shape index (κ3) is 2.19. The van der Waals surface area contributed by atoms with Crippen molar-refractivity contribution in [1.29, 1.82) is 0 Å². The summed E-state index contributed by atoms with van der Waals surface area (Å²) in [4.78, 5) is 0. The fourth-order valence-electron chi connectivity index (χ4n) is 2.83. The molecule has 18 heavy (non-hydrogen) atoms. The van der Waals surface area contributed by atoms with Crippen LogP contribution in [0.5, 0.6) is 11.5 Å². The Balaban J connectivity index is 1.77. The molecule has 1 aliphatic carbocycles. The second-order valence-corrected chi connectivity index (χ2v) is 5.27. The lowest BCUT2D eigenvalue weighted by Gasteiger charge is -2.27. The van der Waals surface area contributed by atoms with Gasteiger partial charge in [0.2, 0.25) is 0 Å². The Morgan fingerprint density at radius 3 is 3.06 bits per heavy atom. The van der Waals surface area contributed by atoms with Crippen LogP contribution in [0.25, 0.3) is 0 Å². The van der Waals surface area contributed by atoms with Crippen molar-refractivity contribution in [2.45, 2.75) is 38.3 Å². The predicted octanol–water partition coefficient (Wildman–Crippen LogP) is 2.91. The first kappa shape index (κ1) is 11.8. The second-order valence-electron chi connectivity index (χ2n) is 5.27. The summed E-state index contributed by atoms with van der Waals surface area (Å²) in [5.41, 5.74) is 1.25. The molecule has 0 spiro atoms. The average Bonchev–Trinajstić information content (AvgIpc) is 3.17. The van der Waals surface area contributed by atoms with E-state index >= 15 is 0 Å². The van der Waals surface area contributed by atoms with Crippen molar-refractivity contribution in [2.75, 3.05) is 13.7 Å². The molecule has 1 aromatic carbocycles. The number of fused-ring (bicyclic) bond motifs is 1. The molecule has 1 aliphatic heterocycles. The number of benzene rings is 1. The molecule has 3 heteroatoms. The zero-order valence-electron chi connectivity index (χ0n) is 11.1. The SMILES string of the molecule is CCC1CC1NC1CCOc2ccc(OC)cc21. The molecule has 1 fully saturated rings. The Morgan fingerprint density at radius 1 is 1.44 bits per heavy atom. The molecule has 3 atom stereocenters. The third-order valence-electron chi connectivity index (χ3n) is 4.12. The summed E-state index contributed by atoms with van der Waals surface area (Å²) in [7, 11) is 1.71. The summed E-state index contributed by atoms with van der Waals surface area (Å²) in [6.45, 7) is 3.08. The van der Waals surface area contributed by atoms with Gasteiger partial charge < -0.3 is 14.8 Å². The minimum absolute atomic E-state index is 0.422. The average molecular weight is 247 g/mol. The van der Waals surface area contributed by atoms with Crippen LogP contribution >= 0.6 is 0 Å². The Morgan fingerprint density at radius 2 is 2.33 bits per heavy atom. The van der Waals surface area contributed by atoms with Gasteiger partial charge in [0.15, 0.2) is 0 Å². The van der Waals surface area contributed by atoms with Crippen LogP contribution in [0.1, 0.15) is 37.8 Å². The van der Waals surface area contributed by atoms with Gasteiger partial charge >= 0.3 is 0 Å². The van der Waals surface area contributed by atoms with Crippen molar-refractivity contribution >= 4 is 0 Å². The van der Waals surface area contributed by atoms with Crippen LogP contribution in [0.4, 0.5) is 0 Å². The monoisotopic (exact) mass is 247 g/mol. The van der Waals surface area contributed by atoms with Gasteiger partial charge in [0.1, 0.15) is 11.5 Å². The van der Waals surface area contributed by atoms with E-state index in [9.17, 15) is 0 Å². The number of nitrogens with one attached hydrogen (secondary N) is 1. The van der Waals surface area contributed by atoms with Gasteiger partial charge in [-0.1, -0.05) is 13.3 Å². The second kappa shape index (κ2) is 4.81. The zero-order chi connectivity index (χ0) is 12.5.